The highest BCUT2D eigenvalue weighted by molar-refractivity contribution is 8.02. The third-order valence-corrected chi connectivity index (χ3v) is 5.41. The number of rotatable bonds is 7. The lowest BCUT2D eigenvalue weighted by molar-refractivity contribution is -0.142. The van der Waals surface area contributed by atoms with Gasteiger partial charge in [-0.2, -0.15) is 0 Å². The molecule has 2 N–H and O–H groups in total. The molecular formula is C15H17ClN4O3S2. The zero-order chi connectivity index (χ0) is 18.2. The number of amides is 2. The molecule has 10 heteroatoms. The van der Waals surface area contributed by atoms with Crippen molar-refractivity contribution < 1.29 is 14.3 Å². The van der Waals surface area contributed by atoms with E-state index < -0.39 is 6.03 Å². The fourth-order valence-electron chi connectivity index (χ4n) is 1.76. The summed E-state index contributed by atoms with van der Waals surface area (Å²) in [4.78, 5) is 23.8. The van der Waals surface area contributed by atoms with E-state index in [4.69, 9.17) is 16.3 Å². The number of hydrogen-bond donors (Lipinski definition) is 2. The van der Waals surface area contributed by atoms with Crippen LogP contribution in [-0.2, 0) is 9.53 Å². The van der Waals surface area contributed by atoms with E-state index in [1.807, 2.05) is 6.92 Å². The summed E-state index contributed by atoms with van der Waals surface area (Å²) in [6, 6.07) is 6.30. The summed E-state index contributed by atoms with van der Waals surface area (Å²) in [5.41, 5.74) is 0.606. The highest BCUT2D eigenvalue weighted by Crippen LogP contribution is 2.31. The summed E-state index contributed by atoms with van der Waals surface area (Å²) in [7, 11) is 0. The minimum absolute atomic E-state index is 0.278. The molecule has 1 aromatic heterocycles. The van der Waals surface area contributed by atoms with E-state index in [0.717, 1.165) is 0 Å². The first-order valence-corrected chi connectivity index (χ1v) is 9.59. The summed E-state index contributed by atoms with van der Waals surface area (Å²) in [5.74, 6) is -0.278. The maximum absolute atomic E-state index is 12.0. The number of carbonyl (C=O) groups excluding carboxylic acids is 2. The van der Waals surface area contributed by atoms with Crippen LogP contribution >= 0.6 is 34.7 Å². The number of nitrogens with zero attached hydrogens (tertiary/aromatic N) is 2. The number of aromatic nitrogens is 2. The molecule has 0 aliphatic rings. The molecule has 0 unspecified atom stereocenters. The van der Waals surface area contributed by atoms with Gasteiger partial charge < -0.3 is 10.1 Å². The molecule has 2 rings (SSSR count). The Hall–Kier alpha value is -1.84. The Morgan fingerprint density at radius 3 is 2.60 bits per heavy atom. The Labute approximate surface area is 158 Å². The summed E-state index contributed by atoms with van der Waals surface area (Å²) >= 11 is 8.26. The second kappa shape index (κ2) is 9.59. The lowest BCUT2D eigenvalue weighted by Gasteiger charge is -2.10. The molecule has 134 valence electrons. The van der Waals surface area contributed by atoms with Crippen LogP contribution in [0.25, 0.3) is 0 Å². The minimum Gasteiger partial charge on any atom is -0.465 e. The number of halogens is 1. The van der Waals surface area contributed by atoms with Gasteiger partial charge in [0, 0.05) is 10.7 Å². The van der Waals surface area contributed by atoms with Crippen LogP contribution in [0, 0.1) is 0 Å². The van der Waals surface area contributed by atoms with Gasteiger partial charge in [-0.15, -0.1) is 10.2 Å². The summed E-state index contributed by atoms with van der Waals surface area (Å²) in [5, 5.41) is 13.7. The summed E-state index contributed by atoms with van der Waals surface area (Å²) < 4.78 is 5.61. The predicted octanol–water partition coefficient (Wildman–Crippen LogP) is 4.27. The van der Waals surface area contributed by atoms with E-state index >= 15 is 0 Å². The first kappa shape index (κ1) is 19.5. The van der Waals surface area contributed by atoms with E-state index in [2.05, 4.69) is 20.8 Å². The monoisotopic (exact) mass is 400 g/mol. The fraction of sp³-hybridized carbons (Fsp3) is 0.333. The van der Waals surface area contributed by atoms with Crippen LogP contribution in [0.2, 0.25) is 5.02 Å². The van der Waals surface area contributed by atoms with Gasteiger partial charge in [0.25, 0.3) is 0 Å². The number of nitrogens with one attached hydrogen (secondary N) is 2. The van der Waals surface area contributed by atoms with Crippen molar-refractivity contribution in [1.82, 2.24) is 10.2 Å². The van der Waals surface area contributed by atoms with Gasteiger partial charge in [0.05, 0.1) is 6.61 Å². The van der Waals surface area contributed by atoms with Crippen molar-refractivity contribution in [2.24, 2.45) is 0 Å². The van der Waals surface area contributed by atoms with Gasteiger partial charge in [-0.05, 0) is 37.6 Å². The minimum atomic E-state index is -0.438. The van der Waals surface area contributed by atoms with Crippen molar-refractivity contribution in [3.8, 4) is 0 Å². The molecule has 2 aromatic rings. The SMILES string of the molecule is CCOC(=O)[C@@H](CC)Sc1nnc(NC(=O)Nc2ccc(Cl)cc2)s1. The predicted molar refractivity (Wildman–Crippen MR) is 101 cm³/mol. The van der Waals surface area contributed by atoms with Crippen LogP contribution in [0.15, 0.2) is 28.6 Å². The molecule has 1 atom stereocenters. The quantitative estimate of drug-likeness (QED) is 0.409. The van der Waals surface area contributed by atoms with Crippen LogP contribution in [0.1, 0.15) is 20.3 Å². The molecule has 7 nitrogen and oxygen atoms in total. The lowest BCUT2D eigenvalue weighted by atomic mass is 10.3. The average molecular weight is 401 g/mol. The molecule has 25 heavy (non-hydrogen) atoms. The Kier molecular flexibility index (Phi) is 7.48. The number of ether oxygens (including phenoxy) is 1. The Balaban J connectivity index is 1.90. The number of benzene rings is 1. The van der Waals surface area contributed by atoms with E-state index in [0.29, 0.717) is 33.2 Å². The Morgan fingerprint density at radius 1 is 1.24 bits per heavy atom. The molecule has 1 aromatic carbocycles. The number of anilines is 2. The number of urea groups is 1. The van der Waals surface area contributed by atoms with Crippen molar-refractivity contribution >= 4 is 57.5 Å². The number of thioether (sulfide) groups is 1. The van der Waals surface area contributed by atoms with Crippen molar-refractivity contribution in [3.63, 3.8) is 0 Å². The van der Waals surface area contributed by atoms with Gasteiger partial charge in [0.1, 0.15) is 5.25 Å². The van der Waals surface area contributed by atoms with Crippen molar-refractivity contribution in [2.75, 3.05) is 17.2 Å². The Morgan fingerprint density at radius 2 is 1.96 bits per heavy atom. The van der Waals surface area contributed by atoms with E-state index in [9.17, 15) is 9.59 Å². The van der Waals surface area contributed by atoms with Crippen LogP contribution in [0.5, 0.6) is 0 Å². The molecule has 0 radical (unpaired) electrons. The highest BCUT2D eigenvalue weighted by Gasteiger charge is 2.21. The normalized spacial score (nSPS) is 11.6. The largest absolute Gasteiger partial charge is 0.465 e. The number of carbonyl (C=O) groups is 2. The van der Waals surface area contributed by atoms with E-state index in [1.54, 1.807) is 31.2 Å². The van der Waals surface area contributed by atoms with Gasteiger partial charge in [-0.3, -0.25) is 10.1 Å². The summed E-state index contributed by atoms with van der Waals surface area (Å²) in [6.45, 7) is 4.00. The van der Waals surface area contributed by atoms with E-state index in [1.165, 1.54) is 23.1 Å². The van der Waals surface area contributed by atoms with Gasteiger partial charge in [0.2, 0.25) is 5.13 Å². The van der Waals surface area contributed by atoms with Crippen LogP contribution < -0.4 is 10.6 Å². The summed E-state index contributed by atoms with van der Waals surface area (Å²) in [6.07, 6.45) is 0.614. The van der Waals surface area contributed by atoms with Crippen molar-refractivity contribution in [3.05, 3.63) is 29.3 Å². The number of esters is 1. The van der Waals surface area contributed by atoms with Crippen molar-refractivity contribution in [2.45, 2.75) is 29.9 Å². The maximum Gasteiger partial charge on any atom is 0.325 e. The van der Waals surface area contributed by atoms with Crippen molar-refractivity contribution in [1.29, 1.82) is 0 Å². The molecule has 0 spiro atoms. The smallest absolute Gasteiger partial charge is 0.325 e. The number of hydrogen-bond acceptors (Lipinski definition) is 7. The molecule has 0 aliphatic carbocycles. The third-order valence-electron chi connectivity index (χ3n) is 2.89. The molecule has 0 saturated carbocycles. The first-order chi connectivity index (χ1) is 12.0. The van der Waals surface area contributed by atoms with Gasteiger partial charge in [0.15, 0.2) is 4.34 Å². The topological polar surface area (TPSA) is 93.2 Å². The van der Waals surface area contributed by atoms with Crippen LogP contribution in [0.3, 0.4) is 0 Å². The highest BCUT2D eigenvalue weighted by atomic mass is 35.5. The van der Waals surface area contributed by atoms with Gasteiger partial charge in [-0.25, -0.2) is 4.79 Å². The molecular weight excluding hydrogens is 384 g/mol. The zero-order valence-corrected chi connectivity index (χ0v) is 16.0. The standard InChI is InChI=1S/C15H17ClN4O3S2/c1-3-11(12(21)23-4-2)24-15-20-19-14(25-15)18-13(22)17-10-7-5-9(16)6-8-10/h5-8,11H,3-4H2,1-2H3,(H2,17,18,19,22)/t11-/m1/s1. The van der Waals surface area contributed by atoms with Crippen LogP contribution in [0.4, 0.5) is 15.6 Å². The second-order valence-electron chi connectivity index (χ2n) is 4.73. The van der Waals surface area contributed by atoms with Crippen LogP contribution in [-0.4, -0.2) is 34.1 Å². The van der Waals surface area contributed by atoms with E-state index in [-0.39, 0.29) is 11.2 Å². The average Bonchev–Trinajstić information content (AvgIpc) is 3.01. The van der Waals surface area contributed by atoms with Gasteiger partial charge >= 0.3 is 12.0 Å². The molecule has 1 heterocycles. The lowest BCUT2D eigenvalue weighted by Crippen LogP contribution is -2.19. The molecule has 0 aliphatic heterocycles. The van der Waals surface area contributed by atoms with Gasteiger partial charge in [-0.1, -0.05) is 41.6 Å². The molecule has 0 fully saturated rings. The third kappa shape index (κ3) is 6.18. The maximum atomic E-state index is 12.0. The first-order valence-electron chi connectivity index (χ1n) is 7.52. The molecule has 0 saturated heterocycles. The molecule has 2 amide bonds. The zero-order valence-electron chi connectivity index (χ0n) is 13.6. The fourth-order valence-corrected chi connectivity index (χ4v) is 3.79. The molecule has 0 bridgehead atoms. The Bertz CT molecular complexity index is 724. The second-order valence-corrected chi connectivity index (χ2v) is 7.59.